The van der Waals surface area contributed by atoms with Crippen LogP contribution in [0.1, 0.15) is 20.3 Å². The number of carbonyl (C=O) groups is 1. The van der Waals surface area contributed by atoms with Crippen LogP contribution in [0.5, 0.6) is 0 Å². The molecule has 0 spiro atoms. The van der Waals surface area contributed by atoms with E-state index >= 15 is 0 Å². The first-order valence-electron chi connectivity index (χ1n) is 4.57. The van der Waals surface area contributed by atoms with Gasteiger partial charge in [-0.25, -0.2) is 9.89 Å². The number of anilines is 1. The number of carboxylic acids is 1. The van der Waals surface area contributed by atoms with Crippen molar-refractivity contribution < 1.29 is 9.90 Å². The quantitative estimate of drug-likeness (QED) is 0.534. The molecule has 0 aliphatic rings. The lowest BCUT2D eigenvalue weighted by Crippen LogP contribution is -2.52. The van der Waals surface area contributed by atoms with Crippen LogP contribution in [-0.4, -0.2) is 26.7 Å². The highest BCUT2D eigenvalue weighted by Crippen LogP contribution is 2.12. The van der Waals surface area contributed by atoms with Crippen molar-refractivity contribution in [3.05, 3.63) is 20.8 Å². The van der Waals surface area contributed by atoms with Crippen molar-refractivity contribution in [1.82, 2.24) is 15.2 Å². The second-order valence-corrected chi connectivity index (χ2v) is 3.45. The van der Waals surface area contributed by atoms with Crippen LogP contribution in [0.15, 0.2) is 9.59 Å². The van der Waals surface area contributed by atoms with Gasteiger partial charge < -0.3 is 15.2 Å². The summed E-state index contributed by atoms with van der Waals surface area (Å²) in [4.78, 5) is 34.7. The van der Waals surface area contributed by atoms with Crippen molar-refractivity contribution in [3.63, 3.8) is 0 Å². The van der Waals surface area contributed by atoms with Crippen LogP contribution in [0.2, 0.25) is 0 Å². The molecule has 8 nitrogen and oxygen atoms in total. The van der Waals surface area contributed by atoms with Crippen LogP contribution in [0, 0.1) is 0 Å². The summed E-state index contributed by atoms with van der Waals surface area (Å²) >= 11 is 0. The van der Waals surface area contributed by atoms with Crippen molar-refractivity contribution in [2.45, 2.75) is 25.8 Å². The van der Waals surface area contributed by atoms with Gasteiger partial charge in [-0.1, -0.05) is 6.92 Å². The zero-order chi connectivity index (χ0) is 12.3. The predicted molar refractivity (Wildman–Crippen MR) is 52.8 cm³/mol. The molecule has 0 unspecified atom stereocenters. The minimum absolute atomic E-state index is 0.190. The molecule has 1 aromatic heterocycles. The Morgan fingerprint density at radius 2 is 2.19 bits per heavy atom. The summed E-state index contributed by atoms with van der Waals surface area (Å²) in [6.45, 7) is 2.97. The molecular weight excluding hydrogens is 216 g/mol. The Kier molecular flexibility index (Phi) is 3.11. The number of H-pyrrole nitrogens is 2. The Hall–Kier alpha value is -2.12. The molecule has 8 heteroatoms. The summed E-state index contributed by atoms with van der Waals surface area (Å²) in [6.07, 6.45) is 0.190. The fourth-order valence-electron chi connectivity index (χ4n) is 0.978. The topological polar surface area (TPSA) is 131 Å². The Bertz CT molecular complexity index is 505. The number of nitrogens with zero attached hydrogens (tertiary/aromatic N) is 1. The maximum Gasteiger partial charge on any atom is 0.342 e. The Morgan fingerprint density at radius 1 is 1.56 bits per heavy atom. The molecule has 0 aliphatic heterocycles. The first kappa shape index (κ1) is 12.0. The molecule has 0 saturated heterocycles. The number of aromatic amines is 2. The second kappa shape index (κ2) is 4.17. The van der Waals surface area contributed by atoms with Gasteiger partial charge in [-0.05, 0) is 13.3 Å². The van der Waals surface area contributed by atoms with E-state index in [1.165, 1.54) is 6.92 Å². The minimum atomic E-state index is -1.42. The van der Waals surface area contributed by atoms with Crippen molar-refractivity contribution >= 4 is 11.8 Å². The van der Waals surface area contributed by atoms with Gasteiger partial charge in [-0.3, -0.25) is 9.78 Å². The maximum absolute atomic E-state index is 11.2. The zero-order valence-corrected chi connectivity index (χ0v) is 8.79. The second-order valence-electron chi connectivity index (χ2n) is 3.45. The van der Waals surface area contributed by atoms with E-state index in [2.05, 4.69) is 10.4 Å². The minimum Gasteiger partial charge on any atom is -0.548 e. The number of carboxylic acid groups (broad SMARTS) is 1. The van der Waals surface area contributed by atoms with Gasteiger partial charge in [0, 0.05) is 0 Å². The molecule has 3 N–H and O–H groups in total. The van der Waals surface area contributed by atoms with Crippen molar-refractivity contribution in [2.75, 3.05) is 5.32 Å². The fourth-order valence-corrected chi connectivity index (χ4v) is 0.978. The molecule has 1 atom stereocenters. The van der Waals surface area contributed by atoms with Crippen LogP contribution < -0.4 is 21.7 Å². The average molecular weight is 227 g/mol. The highest BCUT2D eigenvalue weighted by molar-refractivity contribution is 5.79. The number of rotatable bonds is 4. The third-order valence-electron chi connectivity index (χ3n) is 2.26. The summed E-state index contributed by atoms with van der Waals surface area (Å²) in [7, 11) is 0. The Labute approximate surface area is 89.7 Å². The molecule has 0 aliphatic carbocycles. The van der Waals surface area contributed by atoms with Crippen molar-refractivity contribution in [1.29, 1.82) is 0 Å². The predicted octanol–water partition coefficient (Wildman–Crippen LogP) is -2.21. The molecule has 88 valence electrons. The number of hydrogen-bond donors (Lipinski definition) is 3. The van der Waals surface area contributed by atoms with Crippen LogP contribution in [0.4, 0.5) is 5.82 Å². The molecular formula is C8H11N4O4-. The van der Waals surface area contributed by atoms with Gasteiger partial charge in [0.05, 0.1) is 11.5 Å². The van der Waals surface area contributed by atoms with Gasteiger partial charge in [-0.15, -0.1) is 5.10 Å². The van der Waals surface area contributed by atoms with E-state index in [-0.39, 0.29) is 12.2 Å². The fraction of sp³-hybridized carbons (Fsp3) is 0.500. The third-order valence-corrected chi connectivity index (χ3v) is 2.26. The molecule has 0 bridgehead atoms. The number of hydrogen-bond acceptors (Lipinski definition) is 6. The lowest BCUT2D eigenvalue weighted by Gasteiger charge is -2.30. The summed E-state index contributed by atoms with van der Waals surface area (Å²) in [5, 5.41) is 18.7. The van der Waals surface area contributed by atoms with Gasteiger partial charge in [-0.2, -0.15) is 0 Å². The maximum atomic E-state index is 11.2. The smallest absolute Gasteiger partial charge is 0.342 e. The van der Waals surface area contributed by atoms with E-state index in [9.17, 15) is 19.5 Å². The molecule has 0 amide bonds. The lowest BCUT2D eigenvalue weighted by molar-refractivity contribution is -0.311. The SMILES string of the molecule is CC[C@](C)(Nc1n[nH]c(=O)[nH]c1=O)C(=O)[O-]. The summed E-state index contributed by atoms with van der Waals surface area (Å²) in [5.74, 6) is -1.63. The van der Waals surface area contributed by atoms with Crippen LogP contribution in [0.25, 0.3) is 0 Å². The molecule has 0 fully saturated rings. The van der Waals surface area contributed by atoms with E-state index in [4.69, 9.17) is 0 Å². The van der Waals surface area contributed by atoms with Crippen molar-refractivity contribution in [2.24, 2.45) is 0 Å². The molecule has 0 saturated carbocycles. The van der Waals surface area contributed by atoms with Crippen LogP contribution in [0.3, 0.4) is 0 Å². The van der Waals surface area contributed by atoms with E-state index in [1.807, 2.05) is 10.1 Å². The normalized spacial score (nSPS) is 14.1. The summed E-state index contributed by atoms with van der Waals surface area (Å²) < 4.78 is 0. The van der Waals surface area contributed by atoms with E-state index in [0.717, 1.165) is 0 Å². The molecule has 0 radical (unpaired) electrons. The van der Waals surface area contributed by atoms with Crippen molar-refractivity contribution in [3.8, 4) is 0 Å². The molecule has 1 rings (SSSR count). The third kappa shape index (κ3) is 2.27. The van der Waals surface area contributed by atoms with E-state index in [1.54, 1.807) is 6.92 Å². The van der Waals surface area contributed by atoms with E-state index in [0.29, 0.717) is 0 Å². The van der Waals surface area contributed by atoms with Gasteiger partial charge in [0.1, 0.15) is 0 Å². The number of aliphatic carboxylic acids is 1. The summed E-state index contributed by atoms with van der Waals surface area (Å²) in [5.41, 5.74) is -2.97. The monoisotopic (exact) mass is 227 g/mol. The highest BCUT2D eigenvalue weighted by Gasteiger charge is 2.25. The highest BCUT2D eigenvalue weighted by atomic mass is 16.4. The van der Waals surface area contributed by atoms with Gasteiger partial charge >= 0.3 is 5.69 Å². The lowest BCUT2D eigenvalue weighted by atomic mass is 9.99. The van der Waals surface area contributed by atoms with Gasteiger partial charge in [0.15, 0.2) is 0 Å². The molecule has 1 aromatic rings. The van der Waals surface area contributed by atoms with Gasteiger partial charge in [0.2, 0.25) is 5.82 Å². The average Bonchev–Trinajstić information content (AvgIpc) is 2.22. The first-order valence-corrected chi connectivity index (χ1v) is 4.57. The Morgan fingerprint density at radius 3 is 2.62 bits per heavy atom. The Balaban J connectivity index is 3.09. The molecule has 16 heavy (non-hydrogen) atoms. The zero-order valence-electron chi connectivity index (χ0n) is 8.79. The first-order chi connectivity index (χ1) is 7.39. The molecule has 0 aromatic carbocycles. The number of nitrogens with one attached hydrogen (secondary N) is 3. The van der Waals surface area contributed by atoms with Crippen LogP contribution in [-0.2, 0) is 4.79 Å². The number of aromatic nitrogens is 3. The van der Waals surface area contributed by atoms with Gasteiger partial charge in [0.25, 0.3) is 5.56 Å². The largest absolute Gasteiger partial charge is 0.548 e. The standard InChI is InChI=1S/C8H12N4O4/c1-3-8(2,6(14)15)10-4-5(13)9-7(16)12-11-4/h3H2,1-2H3,(H,10,11)(H,14,15)(H2,9,12,13,16)/p-1/t8-/m0/s1. The molecule has 1 heterocycles. The van der Waals surface area contributed by atoms with Crippen LogP contribution >= 0.6 is 0 Å². The van der Waals surface area contributed by atoms with E-state index < -0.39 is 22.8 Å². The number of carbonyl (C=O) groups excluding carboxylic acids is 1. The summed E-state index contributed by atoms with van der Waals surface area (Å²) in [6, 6.07) is 0.